The molecule has 0 spiro atoms. The van der Waals surface area contributed by atoms with Crippen molar-refractivity contribution in [3.63, 3.8) is 0 Å². The van der Waals surface area contributed by atoms with Crippen molar-refractivity contribution in [1.82, 2.24) is 5.32 Å². The molecule has 124 valence electrons. The van der Waals surface area contributed by atoms with E-state index < -0.39 is 21.0 Å². The molecule has 1 atom stereocenters. The van der Waals surface area contributed by atoms with Crippen LogP contribution in [0, 0.1) is 5.92 Å². The third-order valence-electron chi connectivity index (χ3n) is 4.09. The second-order valence-electron chi connectivity index (χ2n) is 5.67. The second kappa shape index (κ2) is 6.46. The summed E-state index contributed by atoms with van der Waals surface area (Å²) in [5.74, 6) is -0.0796. The van der Waals surface area contributed by atoms with E-state index in [0.717, 1.165) is 17.7 Å². The number of carbonyl (C=O) groups is 1. The molecule has 1 fully saturated rings. The van der Waals surface area contributed by atoms with Gasteiger partial charge in [-0.25, -0.2) is 13.6 Å². The van der Waals surface area contributed by atoms with Gasteiger partial charge in [0.05, 0.1) is 6.04 Å². The monoisotopic (exact) mass is 354 g/mol. The van der Waals surface area contributed by atoms with Gasteiger partial charge in [0.15, 0.2) is 5.76 Å². The zero-order valence-electron chi connectivity index (χ0n) is 12.4. The molecule has 1 aliphatic carbocycles. The first kappa shape index (κ1) is 16.2. The Morgan fingerprint density at radius 2 is 2.04 bits per heavy atom. The average molecular weight is 354 g/mol. The number of hydrogen-bond acceptors (Lipinski definition) is 5. The molecular formula is C15H18N2O4S2. The van der Waals surface area contributed by atoms with Crippen molar-refractivity contribution < 1.29 is 17.6 Å². The van der Waals surface area contributed by atoms with E-state index >= 15 is 0 Å². The maximum atomic E-state index is 12.4. The van der Waals surface area contributed by atoms with E-state index in [1.54, 1.807) is 11.3 Å². The van der Waals surface area contributed by atoms with E-state index in [1.165, 1.54) is 25.0 Å². The Bertz CT molecular complexity index is 774. The fraction of sp³-hybridized carbons (Fsp3) is 0.400. The number of hydrogen-bond donors (Lipinski definition) is 2. The minimum Gasteiger partial charge on any atom is -0.438 e. The summed E-state index contributed by atoms with van der Waals surface area (Å²) >= 11 is 1.60. The van der Waals surface area contributed by atoms with Gasteiger partial charge in [0.1, 0.15) is 0 Å². The first-order valence-electron chi connectivity index (χ1n) is 7.42. The van der Waals surface area contributed by atoms with Crippen LogP contribution in [-0.4, -0.2) is 14.3 Å². The van der Waals surface area contributed by atoms with Gasteiger partial charge in [-0.15, -0.1) is 11.3 Å². The van der Waals surface area contributed by atoms with E-state index in [-0.39, 0.29) is 11.8 Å². The Balaban J connectivity index is 1.79. The van der Waals surface area contributed by atoms with Crippen molar-refractivity contribution in [3.05, 3.63) is 40.3 Å². The molecule has 1 amide bonds. The summed E-state index contributed by atoms with van der Waals surface area (Å²) < 4.78 is 27.6. The van der Waals surface area contributed by atoms with E-state index in [9.17, 15) is 13.2 Å². The van der Waals surface area contributed by atoms with Crippen LogP contribution in [0.25, 0.3) is 0 Å². The normalized spacial score (nSPS) is 17.3. The van der Waals surface area contributed by atoms with Gasteiger partial charge in [-0.05, 0) is 42.3 Å². The predicted octanol–water partition coefficient (Wildman–Crippen LogP) is 2.65. The maximum absolute atomic E-state index is 12.4. The van der Waals surface area contributed by atoms with Crippen molar-refractivity contribution in [2.45, 2.75) is 36.8 Å². The number of nitrogens with two attached hydrogens (primary N) is 1. The summed E-state index contributed by atoms with van der Waals surface area (Å²) in [6, 6.07) is 6.41. The Morgan fingerprint density at radius 1 is 1.30 bits per heavy atom. The van der Waals surface area contributed by atoms with E-state index in [4.69, 9.17) is 9.56 Å². The fourth-order valence-corrected chi connectivity index (χ4v) is 4.32. The third kappa shape index (κ3) is 3.65. The topological polar surface area (TPSA) is 102 Å². The molecule has 0 saturated heterocycles. The van der Waals surface area contributed by atoms with Crippen LogP contribution in [0.3, 0.4) is 0 Å². The van der Waals surface area contributed by atoms with Gasteiger partial charge in [0.2, 0.25) is 5.09 Å². The van der Waals surface area contributed by atoms with Gasteiger partial charge >= 0.3 is 0 Å². The maximum Gasteiger partial charge on any atom is 0.287 e. The highest BCUT2D eigenvalue weighted by molar-refractivity contribution is 7.89. The van der Waals surface area contributed by atoms with Crippen LogP contribution in [0.1, 0.15) is 47.2 Å². The highest BCUT2D eigenvalue weighted by atomic mass is 32.2. The predicted molar refractivity (Wildman–Crippen MR) is 86.6 cm³/mol. The lowest BCUT2D eigenvalue weighted by Crippen LogP contribution is -2.32. The summed E-state index contributed by atoms with van der Waals surface area (Å²) in [7, 11) is -3.95. The van der Waals surface area contributed by atoms with E-state index in [2.05, 4.69) is 5.32 Å². The lowest BCUT2D eigenvalue weighted by Gasteiger charge is -2.23. The molecule has 2 aromatic rings. The molecule has 0 aromatic carbocycles. The minimum absolute atomic E-state index is 0.0476. The molecule has 0 radical (unpaired) electrons. The number of amides is 1. The standard InChI is InChI=1S/C15H18N2O4S2/c16-23(19,20)13-8-7-11(21-13)15(18)17-14(10-4-1-2-5-10)12-6-3-9-22-12/h3,6-10,14H,1-2,4-5H2,(H,17,18)(H2,16,19,20)/t14-/m0/s1. The molecule has 6 nitrogen and oxygen atoms in total. The highest BCUT2D eigenvalue weighted by Gasteiger charge is 2.29. The minimum atomic E-state index is -3.95. The molecule has 3 rings (SSSR count). The number of thiophene rings is 1. The van der Waals surface area contributed by atoms with Crippen molar-refractivity contribution >= 4 is 27.3 Å². The molecule has 1 aliphatic rings. The largest absolute Gasteiger partial charge is 0.438 e. The van der Waals surface area contributed by atoms with Gasteiger partial charge in [-0.1, -0.05) is 18.9 Å². The Morgan fingerprint density at radius 3 is 2.61 bits per heavy atom. The number of rotatable bonds is 5. The number of sulfonamides is 1. The molecule has 8 heteroatoms. The summed E-state index contributed by atoms with van der Waals surface area (Å²) in [6.07, 6.45) is 4.48. The van der Waals surface area contributed by atoms with Gasteiger partial charge in [-0.3, -0.25) is 4.79 Å². The van der Waals surface area contributed by atoms with Crippen LogP contribution in [-0.2, 0) is 10.0 Å². The summed E-state index contributed by atoms with van der Waals surface area (Å²) in [5.41, 5.74) is 0. The molecule has 23 heavy (non-hydrogen) atoms. The van der Waals surface area contributed by atoms with Gasteiger partial charge in [-0.2, -0.15) is 0 Å². The third-order valence-corrected chi connectivity index (χ3v) is 5.83. The number of carbonyl (C=O) groups excluding carboxylic acids is 1. The van der Waals surface area contributed by atoms with Crippen LogP contribution < -0.4 is 10.5 Å². The molecule has 1 saturated carbocycles. The van der Waals surface area contributed by atoms with Crippen LogP contribution in [0.5, 0.6) is 0 Å². The molecule has 0 aliphatic heterocycles. The Kier molecular flexibility index (Phi) is 4.56. The molecule has 0 unspecified atom stereocenters. The number of furan rings is 1. The van der Waals surface area contributed by atoms with Crippen LogP contribution in [0.15, 0.2) is 39.2 Å². The fourth-order valence-electron chi connectivity index (χ4n) is 2.99. The average Bonchev–Trinajstić information content (AvgIpc) is 3.25. The molecule has 3 N–H and O–H groups in total. The lowest BCUT2D eigenvalue weighted by molar-refractivity contribution is 0.0889. The summed E-state index contributed by atoms with van der Waals surface area (Å²) in [5, 5.41) is 9.56. The van der Waals surface area contributed by atoms with Crippen molar-refractivity contribution in [3.8, 4) is 0 Å². The smallest absolute Gasteiger partial charge is 0.287 e. The molecular weight excluding hydrogens is 336 g/mol. The van der Waals surface area contributed by atoms with Gasteiger partial charge in [0, 0.05) is 4.88 Å². The zero-order chi connectivity index (χ0) is 16.4. The summed E-state index contributed by atoms with van der Waals surface area (Å²) in [6.45, 7) is 0. The van der Waals surface area contributed by atoms with E-state index in [1.807, 2.05) is 17.5 Å². The first-order valence-corrected chi connectivity index (χ1v) is 9.84. The van der Waals surface area contributed by atoms with Gasteiger partial charge in [0.25, 0.3) is 15.9 Å². The van der Waals surface area contributed by atoms with Crippen molar-refractivity contribution in [1.29, 1.82) is 0 Å². The summed E-state index contributed by atoms with van der Waals surface area (Å²) in [4.78, 5) is 13.5. The Labute approximate surface area is 138 Å². The second-order valence-corrected chi connectivity index (χ2v) is 8.15. The quantitative estimate of drug-likeness (QED) is 0.861. The van der Waals surface area contributed by atoms with Crippen molar-refractivity contribution in [2.24, 2.45) is 11.1 Å². The molecule has 0 bridgehead atoms. The number of primary sulfonamides is 1. The van der Waals surface area contributed by atoms with Crippen molar-refractivity contribution in [2.75, 3.05) is 0 Å². The van der Waals surface area contributed by atoms with Crippen LogP contribution >= 0.6 is 11.3 Å². The van der Waals surface area contributed by atoms with E-state index in [0.29, 0.717) is 5.92 Å². The number of nitrogens with one attached hydrogen (secondary N) is 1. The molecule has 2 aromatic heterocycles. The molecule has 2 heterocycles. The van der Waals surface area contributed by atoms with Gasteiger partial charge < -0.3 is 9.73 Å². The zero-order valence-corrected chi connectivity index (χ0v) is 14.0. The lowest BCUT2D eigenvalue weighted by atomic mass is 9.96. The highest BCUT2D eigenvalue weighted by Crippen LogP contribution is 2.37. The van der Waals surface area contributed by atoms with Crippen LogP contribution in [0.2, 0.25) is 0 Å². The Hall–Kier alpha value is -1.64. The SMILES string of the molecule is NS(=O)(=O)c1ccc(C(=O)N[C@H](c2cccs2)C2CCCC2)o1. The van der Waals surface area contributed by atoms with Crippen LogP contribution in [0.4, 0.5) is 0 Å². The first-order chi connectivity index (χ1) is 10.9.